The predicted octanol–water partition coefficient (Wildman–Crippen LogP) is 4.24. The van der Waals surface area contributed by atoms with Crippen LogP contribution in [0.25, 0.3) is 5.69 Å². The van der Waals surface area contributed by atoms with Gasteiger partial charge in [0.05, 0.1) is 18.3 Å². The topological polar surface area (TPSA) is 46.9 Å². The number of imidazole rings is 1. The number of carbonyl (C=O) groups is 1. The van der Waals surface area contributed by atoms with Crippen LogP contribution in [0.5, 0.6) is 0 Å². The van der Waals surface area contributed by atoms with Crippen LogP contribution in [0, 0.1) is 0 Å². The normalized spacial score (nSPS) is 13.2. The summed E-state index contributed by atoms with van der Waals surface area (Å²) in [6, 6.07) is 18.1. The largest absolute Gasteiger partial charge is 0.349 e. The van der Waals surface area contributed by atoms with Gasteiger partial charge in [0.15, 0.2) is 0 Å². The third kappa shape index (κ3) is 3.97. The van der Waals surface area contributed by atoms with Gasteiger partial charge in [0.2, 0.25) is 5.91 Å². The fraction of sp³-hybridized carbons (Fsp3) is 0.238. The lowest BCUT2D eigenvalue weighted by Gasteiger charge is -2.20. The third-order valence-corrected chi connectivity index (χ3v) is 4.48. The summed E-state index contributed by atoms with van der Waals surface area (Å²) < 4.78 is 1.95. The molecule has 0 aliphatic carbocycles. The molecule has 0 saturated heterocycles. The Morgan fingerprint density at radius 1 is 1.08 bits per heavy atom. The molecular weight excluding hydrogens is 310 g/mol. The van der Waals surface area contributed by atoms with Crippen molar-refractivity contribution < 1.29 is 4.79 Å². The van der Waals surface area contributed by atoms with Gasteiger partial charge in [0, 0.05) is 18.1 Å². The van der Waals surface area contributed by atoms with Gasteiger partial charge >= 0.3 is 0 Å². The smallest absolute Gasteiger partial charge is 0.228 e. The fourth-order valence-electron chi connectivity index (χ4n) is 3.00. The van der Waals surface area contributed by atoms with Crippen LogP contribution in [-0.2, 0) is 4.79 Å². The van der Waals surface area contributed by atoms with Gasteiger partial charge in [0.1, 0.15) is 0 Å². The second kappa shape index (κ2) is 7.79. The molecule has 25 heavy (non-hydrogen) atoms. The predicted molar refractivity (Wildman–Crippen MR) is 99.6 cm³/mol. The van der Waals surface area contributed by atoms with E-state index in [1.807, 2.05) is 79.2 Å². The Morgan fingerprint density at radius 2 is 1.80 bits per heavy atom. The molecule has 4 nitrogen and oxygen atoms in total. The van der Waals surface area contributed by atoms with Crippen LogP contribution in [0.3, 0.4) is 0 Å². The van der Waals surface area contributed by atoms with Gasteiger partial charge in [-0.05, 0) is 36.6 Å². The zero-order chi connectivity index (χ0) is 17.6. The van der Waals surface area contributed by atoms with Crippen LogP contribution < -0.4 is 5.32 Å². The molecule has 2 unspecified atom stereocenters. The maximum atomic E-state index is 12.7. The van der Waals surface area contributed by atoms with Gasteiger partial charge in [-0.15, -0.1) is 0 Å². The molecular formula is C21H23N3O. The zero-order valence-electron chi connectivity index (χ0n) is 14.6. The highest BCUT2D eigenvalue weighted by Crippen LogP contribution is 2.22. The van der Waals surface area contributed by atoms with Gasteiger partial charge in [-0.3, -0.25) is 4.79 Å². The lowest BCUT2D eigenvalue weighted by Crippen LogP contribution is -2.31. The van der Waals surface area contributed by atoms with Gasteiger partial charge in [-0.1, -0.05) is 49.4 Å². The lowest BCUT2D eigenvalue weighted by atomic mass is 9.95. The number of benzene rings is 2. The summed E-state index contributed by atoms with van der Waals surface area (Å²) >= 11 is 0. The number of hydrogen-bond acceptors (Lipinski definition) is 2. The molecule has 2 aromatic carbocycles. The second-order valence-electron chi connectivity index (χ2n) is 6.16. The van der Waals surface area contributed by atoms with Crippen molar-refractivity contribution in [1.82, 2.24) is 14.9 Å². The number of carbonyl (C=O) groups excluding carboxylic acids is 1. The van der Waals surface area contributed by atoms with E-state index >= 15 is 0 Å². The molecule has 3 aromatic rings. The molecule has 0 fully saturated rings. The first-order valence-electron chi connectivity index (χ1n) is 8.62. The molecule has 0 aliphatic rings. The van der Waals surface area contributed by atoms with Crippen molar-refractivity contribution in [2.24, 2.45) is 0 Å². The van der Waals surface area contributed by atoms with E-state index in [-0.39, 0.29) is 17.9 Å². The van der Waals surface area contributed by atoms with E-state index in [4.69, 9.17) is 0 Å². The molecule has 0 spiro atoms. The zero-order valence-corrected chi connectivity index (χ0v) is 14.6. The molecule has 3 rings (SSSR count). The van der Waals surface area contributed by atoms with Crippen molar-refractivity contribution in [2.75, 3.05) is 0 Å². The minimum atomic E-state index is -0.117. The number of aromatic nitrogens is 2. The molecule has 1 heterocycles. The summed E-state index contributed by atoms with van der Waals surface area (Å²) in [6.07, 6.45) is 6.21. The minimum absolute atomic E-state index is 0.0397. The van der Waals surface area contributed by atoms with E-state index < -0.39 is 0 Å². The van der Waals surface area contributed by atoms with Gasteiger partial charge < -0.3 is 9.88 Å². The highest BCUT2D eigenvalue weighted by atomic mass is 16.1. The second-order valence-corrected chi connectivity index (χ2v) is 6.16. The molecule has 1 aromatic heterocycles. The van der Waals surface area contributed by atoms with Crippen LogP contribution in [0.1, 0.15) is 43.4 Å². The van der Waals surface area contributed by atoms with Crippen molar-refractivity contribution in [3.05, 3.63) is 84.4 Å². The highest BCUT2D eigenvalue weighted by Gasteiger charge is 2.20. The van der Waals surface area contributed by atoms with Crippen LogP contribution in [0.15, 0.2) is 73.3 Å². The number of hydrogen-bond donors (Lipinski definition) is 1. The SMILES string of the molecule is CCC(C(=O)NC(C)c1ccc(-n2ccnc2)cc1)c1ccccc1. The van der Waals surface area contributed by atoms with Gasteiger partial charge in [-0.2, -0.15) is 0 Å². The van der Waals surface area contributed by atoms with E-state index in [1.165, 1.54) is 0 Å². The Morgan fingerprint density at radius 3 is 2.40 bits per heavy atom. The molecule has 2 atom stereocenters. The summed E-state index contributed by atoms with van der Waals surface area (Å²) in [7, 11) is 0. The van der Waals surface area contributed by atoms with Gasteiger partial charge in [-0.25, -0.2) is 4.98 Å². The maximum Gasteiger partial charge on any atom is 0.228 e. The Bertz CT molecular complexity index is 795. The van der Waals surface area contributed by atoms with Crippen molar-refractivity contribution in [2.45, 2.75) is 32.2 Å². The monoisotopic (exact) mass is 333 g/mol. The average molecular weight is 333 g/mol. The molecule has 4 heteroatoms. The first-order valence-corrected chi connectivity index (χ1v) is 8.62. The quantitative estimate of drug-likeness (QED) is 0.733. The van der Waals surface area contributed by atoms with Crippen LogP contribution in [0.2, 0.25) is 0 Å². The van der Waals surface area contributed by atoms with E-state index in [1.54, 1.807) is 12.5 Å². The standard InChI is InChI=1S/C21H23N3O/c1-3-20(18-7-5-4-6-8-18)21(25)23-16(2)17-9-11-19(12-10-17)24-14-13-22-15-24/h4-16,20H,3H2,1-2H3,(H,23,25). The highest BCUT2D eigenvalue weighted by molar-refractivity contribution is 5.83. The number of nitrogens with one attached hydrogen (secondary N) is 1. The summed E-state index contributed by atoms with van der Waals surface area (Å²) in [5, 5.41) is 3.14. The van der Waals surface area contributed by atoms with Crippen LogP contribution in [0.4, 0.5) is 0 Å². The van der Waals surface area contributed by atoms with Crippen molar-refractivity contribution in [3.8, 4) is 5.69 Å². The average Bonchev–Trinajstić information content (AvgIpc) is 3.18. The first kappa shape index (κ1) is 17.0. The first-order chi connectivity index (χ1) is 12.2. The molecule has 0 saturated carbocycles. The Balaban J connectivity index is 1.68. The van der Waals surface area contributed by atoms with Crippen LogP contribution in [-0.4, -0.2) is 15.5 Å². The van der Waals surface area contributed by atoms with E-state index in [0.29, 0.717) is 0 Å². The Kier molecular flexibility index (Phi) is 5.29. The van der Waals surface area contributed by atoms with E-state index in [0.717, 1.165) is 23.2 Å². The molecule has 128 valence electrons. The lowest BCUT2D eigenvalue weighted by molar-refractivity contribution is -0.123. The van der Waals surface area contributed by atoms with Crippen molar-refractivity contribution in [1.29, 1.82) is 0 Å². The van der Waals surface area contributed by atoms with Crippen LogP contribution >= 0.6 is 0 Å². The summed E-state index contributed by atoms with van der Waals surface area (Å²) in [5.41, 5.74) is 3.20. The summed E-state index contributed by atoms with van der Waals surface area (Å²) in [4.78, 5) is 16.7. The molecule has 0 aliphatic heterocycles. The Labute approximate surface area is 148 Å². The summed E-state index contributed by atoms with van der Waals surface area (Å²) in [5.74, 6) is -0.0474. The molecule has 1 amide bonds. The minimum Gasteiger partial charge on any atom is -0.349 e. The summed E-state index contributed by atoms with van der Waals surface area (Å²) in [6.45, 7) is 4.06. The Hall–Kier alpha value is -2.88. The van der Waals surface area contributed by atoms with Gasteiger partial charge in [0.25, 0.3) is 0 Å². The number of amides is 1. The fourth-order valence-corrected chi connectivity index (χ4v) is 3.00. The number of nitrogens with zero attached hydrogens (tertiary/aromatic N) is 2. The maximum absolute atomic E-state index is 12.7. The van der Waals surface area contributed by atoms with Crippen molar-refractivity contribution in [3.63, 3.8) is 0 Å². The molecule has 1 N–H and O–H groups in total. The van der Waals surface area contributed by atoms with E-state index in [9.17, 15) is 4.79 Å². The van der Waals surface area contributed by atoms with E-state index in [2.05, 4.69) is 10.3 Å². The third-order valence-electron chi connectivity index (χ3n) is 4.48. The number of rotatable bonds is 6. The van der Waals surface area contributed by atoms with Crippen molar-refractivity contribution >= 4 is 5.91 Å². The molecule has 0 bridgehead atoms. The molecule has 0 radical (unpaired) electrons.